The molecule has 0 aromatic carbocycles. The minimum atomic E-state index is -1.98. The van der Waals surface area contributed by atoms with Crippen molar-refractivity contribution in [2.45, 2.75) is 272 Å². The molecule has 19 nitrogen and oxygen atoms in total. The molecule has 3 saturated heterocycles. The predicted molar refractivity (Wildman–Crippen MR) is 272 cm³/mol. The quantitative estimate of drug-likeness (QED) is 0.0310. The van der Waals surface area contributed by atoms with Crippen molar-refractivity contribution in [3.05, 3.63) is 36.5 Å². The summed E-state index contributed by atoms with van der Waals surface area (Å²) in [7, 11) is 0. The largest absolute Gasteiger partial charge is 0.394 e. The number of allylic oxidation sites excluding steroid dienone is 5. The van der Waals surface area contributed by atoms with E-state index in [4.69, 9.17) is 28.4 Å². The molecule has 0 spiro atoms. The van der Waals surface area contributed by atoms with Gasteiger partial charge in [-0.2, -0.15) is 0 Å². The van der Waals surface area contributed by atoms with Crippen LogP contribution in [0.15, 0.2) is 36.5 Å². The van der Waals surface area contributed by atoms with E-state index in [0.29, 0.717) is 6.42 Å². The zero-order chi connectivity index (χ0) is 53.4. The Morgan fingerprint density at radius 3 is 1.42 bits per heavy atom. The Bertz CT molecular complexity index is 1490. The van der Waals surface area contributed by atoms with Crippen molar-refractivity contribution in [2.24, 2.45) is 0 Å². The highest BCUT2D eigenvalue weighted by molar-refractivity contribution is 5.76. The number of carbonyl (C=O) groups is 1. The van der Waals surface area contributed by atoms with Crippen molar-refractivity contribution in [3.63, 3.8) is 0 Å². The third kappa shape index (κ3) is 23.7. The van der Waals surface area contributed by atoms with Crippen LogP contribution in [0, 0.1) is 0 Å². The normalized spacial score (nSPS) is 32.0. The van der Waals surface area contributed by atoms with Gasteiger partial charge in [0.1, 0.15) is 73.2 Å². The maximum atomic E-state index is 13.3. The third-order valence-corrected chi connectivity index (χ3v) is 13.9. The summed E-state index contributed by atoms with van der Waals surface area (Å²) < 4.78 is 34.1. The number of carbonyl (C=O) groups excluding carboxylic acids is 1. The molecule has 1 amide bonds. The fraction of sp³-hybridized carbons (Fsp3) is 0.870. The first-order valence-electron chi connectivity index (χ1n) is 27.7. The topological polar surface area (TPSA) is 307 Å². The lowest BCUT2D eigenvalue weighted by Gasteiger charge is -2.48. The molecule has 3 heterocycles. The zero-order valence-corrected chi connectivity index (χ0v) is 43.9. The minimum absolute atomic E-state index is 0.227. The lowest BCUT2D eigenvalue weighted by molar-refractivity contribution is -0.379. The second-order valence-electron chi connectivity index (χ2n) is 20.0. The van der Waals surface area contributed by atoms with E-state index in [-0.39, 0.29) is 18.9 Å². The van der Waals surface area contributed by atoms with E-state index in [1.54, 1.807) is 6.08 Å². The highest BCUT2D eigenvalue weighted by Crippen LogP contribution is 2.33. The van der Waals surface area contributed by atoms with Crippen molar-refractivity contribution in [1.82, 2.24) is 5.32 Å². The molecular formula is C54H97NO18. The molecule has 3 aliphatic rings. The molecule has 3 rings (SSSR count). The van der Waals surface area contributed by atoms with E-state index in [9.17, 15) is 61.0 Å². The van der Waals surface area contributed by atoms with Gasteiger partial charge in [-0.3, -0.25) is 4.79 Å². The van der Waals surface area contributed by atoms with E-state index in [1.165, 1.54) is 70.6 Å². The summed E-state index contributed by atoms with van der Waals surface area (Å²) in [5.74, 6) is -0.292. The molecule has 426 valence electrons. The van der Waals surface area contributed by atoms with Gasteiger partial charge in [-0.25, -0.2) is 0 Å². The van der Waals surface area contributed by atoms with Crippen LogP contribution in [0.4, 0.5) is 0 Å². The van der Waals surface area contributed by atoms with Crippen LogP contribution < -0.4 is 5.32 Å². The second-order valence-corrected chi connectivity index (χ2v) is 20.0. The highest BCUT2D eigenvalue weighted by atomic mass is 16.8. The second kappa shape index (κ2) is 38.5. The number of hydrogen-bond acceptors (Lipinski definition) is 18. The van der Waals surface area contributed by atoms with Crippen molar-refractivity contribution >= 4 is 5.91 Å². The highest BCUT2D eigenvalue weighted by Gasteiger charge is 2.53. The molecule has 0 aromatic heterocycles. The van der Waals surface area contributed by atoms with E-state index in [1.807, 2.05) is 6.08 Å². The molecule has 17 atom stereocenters. The molecule has 0 saturated carbocycles. The summed E-state index contributed by atoms with van der Waals surface area (Å²) >= 11 is 0. The molecule has 73 heavy (non-hydrogen) atoms. The number of ether oxygens (including phenoxy) is 6. The summed E-state index contributed by atoms with van der Waals surface area (Å²) in [6.07, 6.45) is 11.3. The van der Waals surface area contributed by atoms with Crippen molar-refractivity contribution in [3.8, 4) is 0 Å². The molecule has 19 heteroatoms. The van der Waals surface area contributed by atoms with Crippen molar-refractivity contribution in [2.75, 3.05) is 26.4 Å². The van der Waals surface area contributed by atoms with Crippen molar-refractivity contribution in [1.29, 1.82) is 0 Å². The lowest BCUT2D eigenvalue weighted by Crippen LogP contribution is -2.66. The average molecular weight is 1050 g/mol. The molecule has 12 N–H and O–H groups in total. The molecular weight excluding hydrogens is 951 g/mol. The predicted octanol–water partition coefficient (Wildman–Crippen LogP) is 3.37. The lowest BCUT2D eigenvalue weighted by atomic mass is 9.96. The smallest absolute Gasteiger partial charge is 0.220 e. The van der Waals surface area contributed by atoms with Crippen LogP contribution in [0.5, 0.6) is 0 Å². The van der Waals surface area contributed by atoms with E-state index >= 15 is 0 Å². The fourth-order valence-electron chi connectivity index (χ4n) is 9.28. The minimum Gasteiger partial charge on any atom is -0.394 e. The Kier molecular flexibility index (Phi) is 34.5. The molecule has 0 bridgehead atoms. The first-order valence-corrected chi connectivity index (χ1v) is 27.7. The van der Waals surface area contributed by atoms with E-state index in [0.717, 1.165) is 70.6 Å². The van der Waals surface area contributed by atoms with Gasteiger partial charge in [0.2, 0.25) is 5.91 Å². The fourth-order valence-corrected chi connectivity index (χ4v) is 9.28. The SMILES string of the molecule is CCCCC/C=C\C/C=C\CCCCCCCC(=O)NC(COC1OC(CO)C(OC2OC(CO)C(OC3OC(CO)C(O)C(O)C3O)C(O)C2O)C(O)C1O)C(O)/C=C/CCCCCCCCCCCCC. The number of nitrogens with one attached hydrogen (secondary N) is 1. The van der Waals surface area contributed by atoms with Crippen LogP contribution in [-0.2, 0) is 33.2 Å². The van der Waals surface area contributed by atoms with Crippen LogP contribution in [0.1, 0.15) is 168 Å². The molecule has 3 aliphatic heterocycles. The zero-order valence-electron chi connectivity index (χ0n) is 43.9. The van der Waals surface area contributed by atoms with Gasteiger partial charge < -0.3 is 89.9 Å². The van der Waals surface area contributed by atoms with Crippen LogP contribution >= 0.6 is 0 Å². The summed E-state index contributed by atoms with van der Waals surface area (Å²) in [4.78, 5) is 13.3. The first kappa shape index (κ1) is 65.3. The number of rotatable bonds is 39. The molecule has 0 aliphatic carbocycles. The van der Waals surface area contributed by atoms with Crippen molar-refractivity contribution < 1.29 is 89.4 Å². The number of hydrogen-bond donors (Lipinski definition) is 12. The first-order chi connectivity index (χ1) is 35.3. The van der Waals surface area contributed by atoms with E-state index in [2.05, 4.69) is 43.5 Å². The van der Waals surface area contributed by atoms with E-state index < -0.39 is 124 Å². The van der Waals surface area contributed by atoms with Crippen LogP contribution in [0.2, 0.25) is 0 Å². The molecule has 3 fully saturated rings. The van der Waals surface area contributed by atoms with Gasteiger partial charge in [-0.1, -0.05) is 147 Å². The summed E-state index contributed by atoms with van der Waals surface area (Å²) in [6.45, 7) is 1.65. The van der Waals surface area contributed by atoms with Gasteiger partial charge in [0, 0.05) is 6.42 Å². The van der Waals surface area contributed by atoms with Crippen LogP contribution in [0.3, 0.4) is 0 Å². The van der Waals surface area contributed by atoms with Gasteiger partial charge in [0.05, 0.1) is 38.6 Å². The summed E-state index contributed by atoms with van der Waals surface area (Å²) in [6, 6.07) is -0.977. The van der Waals surface area contributed by atoms with Crippen LogP contribution in [-0.4, -0.2) is 193 Å². The maximum Gasteiger partial charge on any atom is 0.220 e. The van der Waals surface area contributed by atoms with Crippen LogP contribution in [0.25, 0.3) is 0 Å². The number of amides is 1. The van der Waals surface area contributed by atoms with Gasteiger partial charge >= 0.3 is 0 Å². The standard InChI is InChI=1S/C54H97NO18/c1-3-5-7-9-11-13-15-17-18-20-22-24-26-28-30-32-42(60)55-37(38(59)31-29-27-25-23-21-19-16-14-12-10-8-6-4-2)36-68-52-48(66)45(63)50(40(34-57)70-52)73-54-49(67)46(64)51(41(35-58)71-54)72-53-47(65)44(62)43(61)39(33-56)69-53/h11,13,17-18,29,31,37-41,43-54,56-59,61-67H,3-10,12,14-16,19-28,30,32-36H2,1-2H3,(H,55,60)/b13-11-,18-17-,31-29+. The molecule has 0 aromatic rings. The number of unbranched alkanes of at least 4 members (excludes halogenated alkanes) is 19. The van der Waals surface area contributed by atoms with Gasteiger partial charge in [-0.05, 0) is 51.4 Å². The third-order valence-electron chi connectivity index (χ3n) is 13.9. The van der Waals surface area contributed by atoms with Gasteiger partial charge in [0.15, 0.2) is 18.9 Å². The summed E-state index contributed by atoms with van der Waals surface area (Å²) in [5, 5.41) is 120. The summed E-state index contributed by atoms with van der Waals surface area (Å²) in [5.41, 5.74) is 0. The Morgan fingerprint density at radius 2 is 0.904 bits per heavy atom. The Hall–Kier alpha value is -1.99. The average Bonchev–Trinajstić information content (AvgIpc) is 3.39. The molecule has 17 unspecified atom stereocenters. The maximum absolute atomic E-state index is 13.3. The van der Waals surface area contributed by atoms with Gasteiger partial charge in [0.25, 0.3) is 0 Å². The molecule has 0 radical (unpaired) electrons. The monoisotopic (exact) mass is 1050 g/mol. The van der Waals surface area contributed by atoms with Gasteiger partial charge in [-0.15, -0.1) is 0 Å². The number of aliphatic hydroxyl groups excluding tert-OH is 11. The Labute approximate surface area is 434 Å². The Morgan fingerprint density at radius 1 is 0.493 bits per heavy atom. The Balaban J connectivity index is 1.55. The number of aliphatic hydroxyl groups is 11.